The van der Waals surface area contributed by atoms with Crippen LogP contribution in [-0.2, 0) is 19.6 Å². The van der Waals surface area contributed by atoms with E-state index in [4.69, 9.17) is 11.6 Å². The van der Waals surface area contributed by atoms with Gasteiger partial charge in [-0.05, 0) is 55.6 Å². The van der Waals surface area contributed by atoms with Crippen molar-refractivity contribution in [1.29, 1.82) is 0 Å². The zero-order valence-electron chi connectivity index (χ0n) is 25.5. The highest BCUT2D eigenvalue weighted by Crippen LogP contribution is 2.38. The molecule has 2 aliphatic rings. The quantitative estimate of drug-likeness (QED) is 0.245. The lowest BCUT2D eigenvalue weighted by Crippen LogP contribution is -2.59. The Bertz CT molecular complexity index is 1190. The summed E-state index contributed by atoms with van der Waals surface area (Å²) in [6.45, 7) is 12.1. The summed E-state index contributed by atoms with van der Waals surface area (Å²) in [4.78, 5) is 28.4. The molecule has 232 valence electrons. The average molecular weight is 598 g/mol. The lowest BCUT2D eigenvalue weighted by atomic mass is 9.85. The van der Waals surface area contributed by atoms with Crippen molar-refractivity contribution in [3.05, 3.63) is 41.8 Å². The number of hydrogen-bond donors (Lipinski definition) is 4. The Kier molecular flexibility index (Phi) is 11.7. The Labute approximate surface area is 244 Å². The number of carbonyl (C=O) groups is 2. The highest BCUT2D eigenvalue weighted by Gasteiger charge is 2.54. The Balaban J connectivity index is 0.00000287. The molecule has 41 heavy (non-hydrogen) atoms. The molecule has 0 radical (unpaired) electrons. The zero-order chi connectivity index (χ0) is 31.3. The van der Waals surface area contributed by atoms with E-state index in [0.717, 1.165) is 0 Å². The average Bonchev–Trinajstić information content (AvgIpc) is 3.48. The highest BCUT2D eigenvalue weighted by molar-refractivity contribution is 7.88. The van der Waals surface area contributed by atoms with Gasteiger partial charge in [0.05, 0.1) is 24.0 Å². The number of likely N-dealkylation sites (N-methyl/N-ethyl adjacent to an activating group) is 1. The van der Waals surface area contributed by atoms with E-state index in [1.165, 1.54) is 33.9 Å². The number of sulfonamides is 1. The third kappa shape index (κ3) is 8.40. The summed E-state index contributed by atoms with van der Waals surface area (Å²) in [6.07, 6.45) is 3.17. The number of nitrogens with one attached hydrogen (secondary N) is 2. The SMILES string of the molecule is CC.CN[C@@H](C)C(=O)NC(C(=O)N1CCC2[C@H]1[C@@H](CN(N)/C=C(\N)c1ccc(F)cc1)CN2S(C)(=O)=O)C(C)(C)C. The minimum absolute atomic E-state index is 0.194. The van der Waals surface area contributed by atoms with Gasteiger partial charge in [-0.2, -0.15) is 4.31 Å². The van der Waals surface area contributed by atoms with E-state index >= 15 is 0 Å². The number of amides is 2. The van der Waals surface area contributed by atoms with Crippen molar-refractivity contribution in [2.45, 2.75) is 72.1 Å². The molecule has 13 heteroatoms. The van der Waals surface area contributed by atoms with Gasteiger partial charge in [-0.3, -0.25) is 9.59 Å². The number of hydrazine groups is 1. The van der Waals surface area contributed by atoms with E-state index in [0.29, 0.717) is 24.2 Å². The van der Waals surface area contributed by atoms with Crippen molar-refractivity contribution in [2.75, 3.05) is 32.9 Å². The summed E-state index contributed by atoms with van der Waals surface area (Å²) >= 11 is 0. The largest absolute Gasteiger partial charge is 0.397 e. The van der Waals surface area contributed by atoms with E-state index in [1.807, 2.05) is 34.6 Å². The number of halogens is 1. The number of nitrogens with two attached hydrogens (primary N) is 2. The molecule has 6 N–H and O–H groups in total. The minimum Gasteiger partial charge on any atom is -0.397 e. The standard InChI is InChI=1S/C26H42FN7O4S.C2H6/c1-16(30-5)24(35)31-23(26(2,3)4)25(36)33-12-11-21-22(33)18(14-34(21)39(6,37)38)13-32(29)15-20(28)17-7-9-19(27)10-8-17;1-2/h7-10,15-16,18,21-23,30H,11-14,28-29H2,1-6H3,(H,31,35);1-2H3/b20-15-;/t16-,18-,21?,22+,23?;/m0./s1. The molecule has 2 fully saturated rings. The summed E-state index contributed by atoms with van der Waals surface area (Å²) in [5.74, 6) is 5.05. The maximum atomic E-state index is 14.0. The molecule has 1 aromatic rings. The topological polar surface area (TPSA) is 154 Å². The predicted molar refractivity (Wildman–Crippen MR) is 160 cm³/mol. The zero-order valence-corrected chi connectivity index (χ0v) is 26.3. The Hall–Kier alpha value is -2.74. The van der Waals surface area contributed by atoms with Gasteiger partial charge in [0.1, 0.15) is 11.9 Å². The molecule has 3 rings (SSSR count). The van der Waals surface area contributed by atoms with Gasteiger partial charge in [0.25, 0.3) is 0 Å². The van der Waals surface area contributed by atoms with Crippen LogP contribution in [0.5, 0.6) is 0 Å². The lowest BCUT2D eigenvalue weighted by Gasteiger charge is -2.38. The van der Waals surface area contributed by atoms with Crippen molar-refractivity contribution in [3.8, 4) is 0 Å². The number of likely N-dealkylation sites (tertiary alicyclic amines) is 1. The van der Waals surface area contributed by atoms with Crippen molar-refractivity contribution in [1.82, 2.24) is 24.8 Å². The summed E-state index contributed by atoms with van der Waals surface area (Å²) in [5.41, 5.74) is 6.49. The normalized spacial score (nSPS) is 22.8. The predicted octanol–water partition coefficient (Wildman–Crippen LogP) is 1.28. The van der Waals surface area contributed by atoms with Crippen LogP contribution in [0.15, 0.2) is 30.5 Å². The van der Waals surface area contributed by atoms with Crippen molar-refractivity contribution < 1.29 is 22.4 Å². The summed E-state index contributed by atoms with van der Waals surface area (Å²) in [7, 11) is -1.88. The third-order valence-electron chi connectivity index (χ3n) is 7.55. The molecule has 0 spiro atoms. The fraction of sp³-hybridized carbons (Fsp3) is 0.643. The summed E-state index contributed by atoms with van der Waals surface area (Å²) in [5, 5.41) is 7.16. The van der Waals surface area contributed by atoms with E-state index in [-0.39, 0.29) is 36.6 Å². The van der Waals surface area contributed by atoms with E-state index < -0.39 is 39.6 Å². The van der Waals surface area contributed by atoms with Crippen LogP contribution in [0.1, 0.15) is 53.5 Å². The molecule has 0 aromatic heterocycles. The van der Waals surface area contributed by atoms with Crippen LogP contribution in [0, 0.1) is 17.2 Å². The van der Waals surface area contributed by atoms with Crippen LogP contribution in [0.3, 0.4) is 0 Å². The molecule has 2 unspecified atom stereocenters. The number of rotatable bonds is 9. The third-order valence-corrected chi connectivity index (χ3v) is 8.82. The molecule has 2 aliphatic heterocycles. The van der Waals surface area contributed by atoms with Crippen LogP contribution in [0.25, 0.3) is 5.70 Å². The van der Waals surface area contributed by atoms with E-state index in [2.05, 4.69) is 10.6 Å². The number of benzene rings is 1. The molecule has 2 amide bonds. The molecule has 1 aromatic carbocycles. The van der Waals surface area contributed by atoms with Crippen LogP contribution in [0.2, 0.25) is 0 Å². The number of hydrogen-bond acceptors (Lipinski definition) is 8. The lowest BCUT2D eigenvalue weighted by molar-refractivity contribution is -0.141. The van der Waals surface area contributed by atoms with E-state index in [1.54, 1.807) is 31.0 Å². The first-order chi connectivity index (χ1) is 19.0. The first kappa shape index (κ1) is 34.5. The molecule has 2 saturated heterocycles. The summed E-state index contributed by atoms with van der Waals surface area (Å²) < 4.78 is 40.1. The van der Waals surface area contributed by atoms with Crippen molar-refractivity contribution in [3.63, 3.8) is 0 Å². The fourth-order valence-electron chi connectivity index (χ4n) is 5.39. The van der Waals surface area contributed by atoms with Gasteiger partial charge in [-0.1, -0.05) is 34.6 Å². The van der Waals surface area contributed by atoms with Gasteiger partial charge < -0.3 is 26.3 Å². The molecular formula is C28H48FN7O4S. The fourth-order valence-corrected chi connectivity index (χ4v) is 6.58. The minimum atomic E-state index is -3.54. The maximum Gasteiger partial charge on any atom is 0.246 e. The van der Waals surface area contributed by atoms with E-state index in [9.17, 15) is 22.4 Å². The Morgan fingerprint density at radius 1 is 1.22 bits per heavy atom. The van der Waals surface area contributed by atoms with Gasteiger partial charge in [-0.25, -0.2) is 18.7 Å². The molecule has 0 saturated carbocycles. The smallest absolute Gasteiger partial charge is 0.246 e. The van der Waals surface area contributed by atoms with Crippen molar-refractivity contribution in [2.24, 2.45) is 22.9 Å². The van der Waals surface area contributed by atoms with Crippen LogP contribution >= 0.6 is 0 Å². The van der Waals surface area contributed by atoms with Crippen LogP contribution < -0.4 is 22.2 Å². The van der Waals surface area contributed by atoms with Gasteiger partial charge in [0.2, 0.25) is 21.8 Å². The van der Waals surface area contributed by atoms with Gasteiger partial charge >= 0.3 is 0 Å². The highest BCUT2D eigenvalue weighted by atomic mass is 32.2. The molecule has 5 atom stereocenters. The second-order valence-corrected chi connectivity index (χ2v) is 13.5. The number of carbonyl (C=O) groups excluding carboxylic acids is 2. The Morgan fingerprint density at radius 3 is 2.32 bits per heavy atom. The molecule has 2 heterocycles. The van der Waals surface area contributed by atoms with Crippen LogP contribution in [0.4, 0.5) is 4.39 Å². The first-order valence-electron chi connectivity index (χ1n) is 14.0. The number of nitrogens with zero attached hydrogens (tertiary/aromatic N) is 3. The monoisotopic (exact) mass is 597 g/mol. The molecule has 0 aliphatic carbocycles. The second kappa shape index (κ2) is 14.0. The second-order valence-electron chi connectivity index (χ2n) is 11.6. The van der Waals surface area contributed by atoms with Gasteiger partial charge in [0, 0.05) is 37.8 Å². The number of fused-ring (bicyclic) bond motifs is 1. The molecular weight excluding hydrogens is 549 g/mol. The Morgan fingerprint density at radius 2 is 1.80 bits per heavy atom. The van der Waals surface area contributed by atoms with Gasteiger partial charge in [0.15, 0.2) is 0 Å². The summed E-state index contributed by atoms with van der Waals surface area (Å²) in [6, 6.07) is 3.56. The van der Waals surface area contributed by atoms with Crippen LogP contribution in [-0.4, -0.2) is 91.6 Å². The molecule has 0 bridgehead atoms. The first-order valence-corrected chi connectivity index (χ1v) is 15.9. The van der Waals surface area contributed by atoms with Gasteiger partial charge in [-0.15, -0.1) is 0 Å². The van der Waals surface area contributed by atoms with Crippen molar-refractivity contribution >= 4 is 27.5 Å². The molecule has 11 nitrogen and oxygen atoms in total. The maximum absolute atomic E-state index is 14.0.